The van der Waals surface area contributed by atoms with Gasteiger partial charge in [-0.3, -0.25) is 30.1 Å². The highest BCUT2D eigenvalue weighted by atomic mass is 32.2. The summed E-state index contributed by atoms with van der Waals surface area (Å²) in [5.41, 5.74) is 6.09. The van der Waals surface area contributed by atoms with Crippen LogP contribution in [0.5, 0.6) is 5.75 Å². The number of nitrogens with zero attached hydrogens (tertiary/aromatic N) is 1. The number of allylic oxidation sites excluding steroid dienone is 2. The molecule has 0 bridgehead atoms. The van der Waals surface area contributed by atoms with Gasteiger partial charge in [0.25, 0.3) is 11.8 Å². The number of nitrogens with one attached hydrogen (secondary N) is 2. The highest BCUT2D eigenvalue weighted by Gasteiger charge is 2.31. The zero-order valence-electron chi connectivity index (χ0n) is 17.9. The molecule has 7 nitrogen and oxygen atoms in total. The molecule has 3 rings (SSSR count). The van der Waals surface area contributed by atoms with Crippen LogP contribution in [0.2, 0.25) is 0 Å². The molecule has 0 unspecified atom stereocenters. The van der Waals surface area contributed by atoms with Crippen LogP contribution in [0.25, 0.3) is 6.08 Å². The lowest BCUT2D eigenvalue weighted by Gasteiger charge is -2.14. The molecular weight excluding hydrogens is 458 g/mol. The molecule has 3 amide bonds. The van der Waals surface area contributed by atoms with Gasteiger partial charge in [-0.05, 0) is 30.2 Å². The summed E-state index contributed by atoms with van der Waals surface area (Å²) in [6, 6.07) is 16.5. The van der Waals surface area contributed by atoms with Gasteiger partial charge in [-0.25, -0.2) is 0 Å². The van der Waals surface area contributed by atoms with Gasteiger partial charge in [-0.1, -0.05) is 78.6 Å². The van der Waals surface area contributed by atoms with E-state index in [0.717, 1.165) is 5.56 Å². The zero-order valence-corrected chi connectivity index (χ0v) is 19.6. The average molecular weight is 482 g/mol. The molecule has 2 N–H and O–H groups in total. The lowest BCUT2D eigenvalue weighted by atomic mass is 10.2. The third-order valence-corrected chi connectivity index (χ3v) is 6.06. The Morgan fingerprint density at radius 1 is 1.09 bits per heavy atom. The van der Waals surface area contributed by atoms with E-state index in [9.17, 15) is 14.4 Å². The Bertz CT molecular complexity index is 1100. The number of ether oxygens (including phenoxy) is 1. The van der Waals surface area contributed by atoms with E-state index in [2.05, 4.69) is 10.9 Å². The molecule has 1 aliphatic rings. The minimum absolute atomic E-state index is 0.121. The van der Waals surface area contributed by atoms with Crippen molar-refractivity contribution in [3.8, 4) is 5.75 Å². The number of hydrogen-bond donors (Lipinski definition) is 2. The van der Waals surface area contributed by atoms with E-state index in [-0.39, 0.29) is 18.2 Å². The predicted octanol–water partition coefficient (Wildman–Crippen LogP) is 3.69. The number of carbonyl (C=O) groups is 3. The largest absolute Gasteiger partial charge is 0.496 e. The standard InChI is InChI=1S/C24H23N3O4S2/c1-31-19-13-6-5-12-18(19)22(29)26-25-21(28)15-8-16-27-23(30)20(33-24(27)32)14-7-11-17-9-3-2-4-10-17/h2-7,9-14H,8,15-16H2,1H3,(H,25,28)(H,26,29)/b11-7+,20-14-. The lowest BCUT2D eigenvalue weighted by Crippen LogP contribution is -2.42. The Labute approximate surface area is 201 Å². The molecule has 0 aliphatic carbocycles. The molecule has 9 heteroatoms. The minimum atomic E-state index is -0.480. The molecular formula is C24H23N3O4S2. The van der Waals surface area contributed by atoms with E-state index in [1.54, 1.807) is 30.3 Å². The van der Waals surface area contributed by atoms with Crippen LogP contribution >= 0.6 is 24.0 Å². The first kappa shape index (κ1) is 24.2. The highest BCUT2D eigenvalue weighted by molar-refractivity contribution is 8.26. The molecule has 0 saturated carbocycles. The Kier molecular flexibility index (Phi) is 8.79. The summed E-state index contributed by atoms with van der Waals surface area (Å²) < 4.78 is 5.60. The molecule has 0 atom stereocenters. The Morgan fingerprint density at radius 2 is 1.82 bits per heavy atom. The maximum Gasteiger partial charge on any atom is 0.273 e. The number of para-hydroxylation sites is 1. The summed E-state index contributed by atoms with van der Waals surface area (Å²) in [5.74, 6) is -0.616. The quantitative estimate of drug-likeness (QED) is 0.340. The van der Waals surface area contributed by atoms with Crippen LogP contribution in [-0.2, 0) is 9.59 Å². The van der Waals surface area contributed by atoms with Crippen molar-refractivity contribution in [1.82, 2.24) is 15.8 Å². The number of thioether (sulfide) groups is 1. The van der Waals surface area contributed by atoms with Crippen molar-refractivity contribution in [2.45, 2.75) is 12.8 Å². The van der Waals surface area contributed by atoms with Crippen molar-refractivity contribution in [1.29, 1.82) is 0 Å². The summed E-state index contributed by atoms with van der Waals surface area (Å²) >= 11 is 6.55. The fourth-order valence-electron chi connectivity index (χ4n) is 3.00. The summed E-state index contributed by atoms with van der Waals surface area (Å²) in [5, 5.41) is 0. The molecule has 0 aromatic heterocycles. The van der Waals surface area contributed by atoms with Crippen molar-refractivity contribution in [3.63, 3.8) is 0 Å². The average Bonchev–Trinajstić information content (AvgIpc) is 3.10. The fourth-order valence-corrected chi connectivity index (χ4v) is 4.26. The predicted molar refractivity (Wildman–Crippen MR) is 133 cm³/mol. The molecule has 0 spiro atoms. The number of amides is 3. The number of carbonyl (C=O) groups excluding carboxylic acids is 3. The van der Waals surface area contributed by atoms with Gasteiger partial charge in [0, 0.05) is 13.0 Å². The number of benzene rings is 2. The molecule has 1 fully saturated rings. The van der Waals surface area contributed by atoms with Gasteiger partial charge in [0.2, 0.25) is 5.91 Å². The number of methoxy groups -OCH3 is 1. The van der Waals surface area contributed by atoms with E-state index in [1.807, 2.05) is 42.5 Å². The van der Waals surface area contributed by atoms with Gasteiger partial charge in [0.05, 0.1) is 17.6 Å². The summed E-state index contributed by atoms with van der Waals surface area (Å²) in [7, 11) is 1.47. The Morgan fingerprint density at radius 3 is 2.58 bits per heavy atom. The van der Waals surface area contributed by atoms with Crippen LogP contribution in [0, 0.1) is 0 Å². The van der Waals surface area contributed by atoms with Gasteiger partial charge in [0.1, 0.15) is 10.1 Å². The highest BCUT2D eigenvalue weighted by Crippen LogP contribution is 2.31. The van der Waals surface area contributed by atoms with Crippen molar-refractivity contribution in [3.05, 3.63) is 82.8 Å². The number of thiocarbonyl (C=S) groups is 1. The lowest BCUT2D eigenvalue weighted by molar-refractivity contribution is -0.124. The van der Waals surface area contributed by atoms with Crippen LogP contribution < -0.4 is 15.6 Å². The summed E-state index contributed by atoms with van der Waals surface area (Å²) in [4.78, 5) is 39.0. The van der Waals surface area contributed by atoms with E-state index < -0.39 is 5.91 Å². The van der Waals surface area contributed by atoms with Crippen molar-refractivity contribution >= 4 is 52.1 Å². The summed E-state index contributed by atoms with van der Waals surface area (Å²) in [6.45, 7) is 0.318. The third-order valence-electron chi connectivity index (χ3n) is 4.66. The van der Waals surface area contributed by atoms with Gasteiger partial charge in [0.15, 0.2) is 0 Å². The number of hydrogen-bond acceptors (Lipinski definition) is 6. The summed E-state index contributed by atoms with van der Waals surface area (Å²) in [6.07, 6.45) is 5.99. The molecule has 1 aliphatic heterocycles. The SMILES string of the molecule is COc1ccccc1C(=O)NNC(=O)CCCN1C(=O)/C(=C/C=C/c2ccccc2)SC1=S. The third kappa shape index (κ3) is 6.77. The maximum atomic E-state index is 12.6. The molecule has 0 radical (unpaired) electrons. The number of hydrazine groups is 1. The van der Waals surface area contributed by atoms with E-state index in [0.29, 0.717) is 33.5 Å². The first-order valence-corrected chi connectivity index (χ1v) is 11.4. The molecule has 33 heavy (non-hydrogen) atoms. The second kappa shape index (κ2) is 12.0. The van der Waals surface area contributed by atoms with Gasteiger partial charge in [-0.15, -0.1) is 0 Å². The Hall–Kier alpha value is -3.43. The second-order valence-electron chi connectivity index (χ2n) is 6.93. The van der Waals surface area contributed by atoms with E-state index >= 15 is 0 Å². The topological polar surface area (TPSA) is 87.7 Å². The smallest absolute Gasteiger partial charge is 0.273 e. The first-order chi connectivity index (χ1) is 16.0. The van der Waals surface area contributed by atoms with Crippen LogP contribution in [0.15, 0.2) is 71.7 Å². The number of rotatable bonds is 8. The fraction of sp³-hybridized carbons (Fsp3) is 0.167. The first-order valence-electron chi connectivity index (χ1n) is 10.2. The monoisotopic (exact) mass is 481 g/mol. The second-order valence-corrected chi connectivity index (χ2v) is 8.61. The van der Waals surface area contributed by atoms with Gasteiger partial charge in [-0.2, -0.15) is 0 Å². The van der Waals surface area contributed by atoms with Crippen molar-refractivity contribution in [2.75, 3.05) is 13.7 Å². The van der Waals surface area contributed by atoms with Crippen LogP contribution in [0.4, 0.5) is 0 Å². The zero-order chi connectivity index (χ0) is 23.6. The van der Waals surface area contributed by atoms with Gasteiger partial charge >= 0.3 is 0 Å². The molecule has 1 heterocycles. The van der Waals surface area contributed by atoms with Crippen molar-refractivity contribution in [2.24, 2.45) is 0 Å². The van der Waals surface area contributed by atoms with Crippen LogP contribution in [-0.4, -0.2) is 40.6 Å². The molecule has 1 saturated heterocycles. The van der Waals surface area contributed by atoms with Crippen LogP contribution in [0.3, 0.4) is 0 Å². The molecule has 2 aromatic rings. The molecule has 2 aromatic carbocycles. The van der Waals surface area contributed by atoms with Gasteiger partial charge < -0.3 is 4.74 Å². The minimum Gasteiger partial charge on any atom is -0.496 e. The Balaban J connectivity index is 1.44. The molecule has 170 valence electrons. The maximum absolute atomic E-state index is 12.6. The van der Waals surface area contributed by atoms with Crippen LogP contribution in [0.1, 0.15) is 28.8 Å². The normalized spacial score (nSPS) is 14.7. The van der Waals surface area contributed by atoms with E-state index in [1.165, 1.54) is 23.8 Å². The van der Waals surface area contributed by atoms with E-state index in [4.69, 9.17) is 17.0 Å². The van der Waals surface area contributed by atoms with Crippen molar-refractivity contribution < 1.29 is 19.1 Å².